The Balaban J connectivity index is 1.95. The number of hydrogen-bond acceptors (Lipinski definition) is 6. The van der Waals surface area contributed by atoms with E-state index < -0.39 is 6.04 Å². The van der Waals surface area contributed by atoms with E-state index in [1.165, 1.54) is 13.2 Å². The number of rotatable bonds is 5. The van der Waals surface area contributed by atoms with Crippen molar-refractivity contribution < 1.29 is 24.9 Å². The largest absolute Gasteiger partial charge is 0.507 e. The number of carbonyl (C=O) groups is 1. The number of β-amino-alcohol motifs (C(OH)–C–C–N with tert-alkyl or cyclic N) is 1. The maximum absolute atomic E-state index is 13.1. The molecular formula is C22H23N3O5. The number of phenolic OH excluding ortho intramolecular Hbond substituents is 2. The number of aromatic hydroxyl groups is 2. The van der Waals surface area contributed by atoms with Crippen LogP contribution >= 0.6 is 0 Å². The van der Waals surface area contributed by atoms with Gasteiger partial charge in [0.2, 0.25) is 0 Å². The van der Waals surface area contributed by atoms with Crippen molar-refractivity contribution in [2.45, 2.75) is 19.9 Å². The van der Waals surface area contributed by atoms with Crippen LogP contribution < -0.4 is 4.74 Å². The van der Waals surface area contributed by atoms with E-state index in [4.69, 9.17) is 4.74 Å². The minimum absolute atomic E-state index is 0.0149. The van der Waals surface area contributed by atoms with Crippen molar-refractivity contribution in [3.05, 3.63) is 58.3 Å². The molecule has 1 amide bonds. The van der Waals surface area contributed by atoms with Crippen molar-refractivity contribution in [2.75, 3.05) is 20.3 Å². The predicted molar refractivity (Wildman–Crippen MR) is 110 cm³/mol. The molecular weight excluding hydrogens is 386 g/mol. The molecule has 1 aromatic heterocycles. The molecule has 2 heterocycles. The molecule has 4 rings (SSSR count). The number of aryl methyl sites for hydroxylation is 2. The third-order valence-corrected chi connectivity index (χ3v) is 5.42. The van der Waals surface area contributed by atoms with Crippen molar-refractivity contribution in [3.63, 3.8) is 0 Å². The maximum Gasteiger partial charge on any atom is 0.273 e. The third-order valence-electron chi connectivity index (χ3n) is 5.42. The first-order valence-electron chi connectivity index (χ1n) is 9.55. The first-order chi connectivity index (χ1) is 14.4. The van der Waals surface area contributed by atoms with Crippen molar-refractivity contribution in [2.24, 2.45) is 0 Å². The van der Waals surface area contributed by atoms with Crippen molar-refractivity contribution in [1.82, 2.24) is 15.1 Å². The quantitative estimate of drug-likeness (QED) is 0.514. The average Bonchev–Trinajstić information content (AvgIpc) is 3.22. The number of methoxy groups -OCH3 is 1. The molecule has 0 aliphatic carbocycles. The van der Waals surface area contributed by atoms with E-state index in [9.17, 15) is 20.1 Å². The van der Waals surface area contributed by atoms with Crippen molar-refractivity contribution in [1.29, 1.82) is 0 Å². The smallest absolute Gasteiger partial charge is 0.273 e. The lowest BCUT2D eigenvalue weighted by molar-refractivity contribution is 0.0706. The second-order valence-corrected chi connectivity index (χ2v) is 7.39. The summed E-state index contributed by atoms with van der Waals surface area (Å²) in [5, 5.41) is 37.4. The van der Waals surface area contributed by atoms with Crippen LogP contribution in [0.2, 0.25) is 0 Å². The molecule has 1 aliphatic rings. The predicted octanol–water partition coefficient (Wildman–Crippen LogP) is 2.65. The lowest BCUT2D eigenvalue weighted by atomic mass is 9.93. The Morgan fingerprint density at radius 2 is 1.93 bits per heavy atom. The van der Waals surface area contributed by atoms with Gasteiger partial charge in [0.05, 0.1) is 19.8 Å². The third kappa shape index (κ3) is 2.96. The fraction of sp³-hybridized carbons (Fsp3) is 0.273. The van der Waals surface area contributed by atoms with Gasteiger partial charge < -0.3 is 25.0 Å². The summed E-state index contributed by atoms with van der Waals surface area (Å²) in [5.74, 6) is 0.0479. The molecule has 4 N–H and O–H groups in total. The number of ether oxygens (including phenoxy) is 1. The van der Waals surface area contributed by atoms with Crippen LogP contribution in [0.15, 0.2) is 30.3 Å². The van der Waals surface area contributed by atoms with Crippen molar-refractivity contribution >= 4 is 5.91 Å². The SMILES string of the molecule is COc1cc(C2c3c(-c4c(C)cc(C)cc4O)n[nH]c3C(=O)N2CCO)ccc1O. The van der Waals surface area contributed by atoms with Gasteiger partial charge in [-0.25, -0.2) is 0 Å². The van der Waals surface area contributed by atoms with Gasteiger partial charge >= 0.3 is 0 Å². The van der Waals surface area contributed by atoms with E-state index in [-0.39, 0.29) is 36.3 Å². The molecule has 0 fully saturated rings. The summed E-state index contributed by atoms with van der Waals surface area (Å²) < 4.78 is 5.24. The van der Waals surface area contributed by atoms with E-state index in [1.54, 1.807) is 23.1 Å². The van der Waals surface area contributed by atoms with Crippen LogP contribution in [-0.4, -0.2) is 56.6 Å². The first kappa shape index (κ1) is 19.8. The van der Waals surface area contributed by atoms with Crippen molar-refractivity contribution in [3.8, 4) is 28.5 Å². The molecule has 0 bridgehead atoms. The van der Waals surface area contributed by atoms with E-state index >= 15 is 0 Å². The number of aromatic nitrogens is 2. The number of amides is 1. The molecule has 1 unspecified atom stereocenters. The molecule has 0 radical (unpaired) electrons. The molecule has 0 saturated heterocycles. The Morgan fingerprint density at radius 3 is 2.60 bits per heavy atom. The van der Waals surface area contributed by atoms with Gasteiger partial charge in [-0.3, -0.25) is 9.89 Å². The number of benzene rings is 2. The lowest BCUT2D eigenvalue weighted by Gasteiger charge is -2.26. The first-order valence-corrected chi connectivity index (χ1v) is 9.55. The molecule has 1 aliphatic heterocycles. The Bertz CT molecular complexity index is 1110. The Kier molecular flexibility index (Phi) is 4.87. The van der Waals surface area contributed by atoms with Gasteiger partial charge in [0.1, 0.15) is 17.1 Å². The van der Waals surface area contributed by atoms with Crippen LogP contribution in [0.3, 0.4) is 0 Å². The fourth-order valence-corrected chi connectivity index (χ4v) is 4.19. The van der Waals surface area contributed by atoms with E-state index in [0.29, 0.717) is 28.1 Å². The summed E-state index contributed by atoms with van der Waals surface area (Å²) in [7, 11) is 1.45. The van der Waals surface area contributed by atoms with Gasteiger partial charge in [-0.2, -0.15) is 5.10 Å². The van der Waals surface area contributed by atoms with Crippen LogP contribution in [-0.2, 0) is 0 Å². The summed E-state index contributed by atoms with van der Waals surface area (Å²) in [5.41, 5.74) is 4.39. The number of fused-ring (bicyclic) bond motifs is 1. The number of carbonyl (C=O) groups excluding carboxylic acids is 1. The van der Waals surface area contributed by atoms with Crippen LogP contribution in [0.1, 0.15) is 38.8 Å². The van der Waals surface area contributed by atoms with Crippen LogP contribution in [0.5, 0.6) is 17.2 Å². The topological polar surface area (TPSA) is 119 Å². The zero-order valence-corrected chi connectivity index (χ0v) is 16.9. The second-order valence-electron chi connectivity index (χ2n) is 7.39. The van der Waals surface area contributed by atoms with E-state index in [2.05, 4.69) is 10.2 Å². The van der Waals surface area contributed by atoms with Gasteiger partial charge in [-0.15, -0.1) is 0 Å². The molecule has 156 valence electrons. The summed E-state index contributed by atoms with van der Waals surface area (Å²) in [6.45, 7) is 3.68. The highest BCUT2D eigenvalue weighted by atomic mass is 16.5. The summed E-state index contributed by atoms with van der Waals surface area (Å²) in [4.78, 5) is 14.6. The molecule has 1 atom stereocenters. The van der Waals surface area contributed by atoms with E-state index in [0.717, 1.165) is 11.1 Å². The van der Waals surface area contributed by atoms with Crippen LogP contribution in [0, 0.1) is 13.8 Å². The Morgan fingerprint density at radius 1 is 1.17 bits per heavy atom. The monoisotopic (exact) mass is 409 g/mol. The number of H-pyrrole nitrogens is 1. The number of aliphatic hydroxyl groups is 1. The molecule has 3 aromatic rings. The summed E-state index contributed by atoms with van der Waals surface area (Å²) >= 11 is 0. The summed E-state index contributed by atoms with van der Waals surface area (Å²) in [6, 6.07) is 7.89. The average molecular weight is 409 g/mol. The molecule has 2 aromatic carbocycles. The van der Waals surface area contributed by atoms with Gasteiger partial charge in [-0.05, 0) is 48.7 Å². The van der Waals surface area contributed by atoms with E-state index in [1.807, 2.05) is 19.9 Å². The molecule has 0 saturated carbocycles. The number of hydrogen-bond donors (Lipinski definition) is 4. The number of aromatic amines is 1. The second kappa shape index (κ2) is 7.38. The molecule has 0 spiro atoms. The Labute approximate surface area is 173 Å². The van der Waals surface area contributed by atoms with Crippen LogP contribution in [0.4, 0.5) is 0 Å². The molecule has 30 heavy (non-hydrogen) atoms. The minimum atomic E-state index is -0.567. The minimum Gasteiger partial charge on any atom is -0.507 e. The highest BCUT2D eigenvalue weighted by molar-refractivity contribution is 6.00. The number of nitrogens with one attached hydrogen (secondary N) is 1. The van der Waals surface area contributed by atoms with Gasteiger partial charge in [-0.1, -0.05) is 12.1 Å². The standard InChI is InChI=1S/C22H23N3O5/c1-11-8-12(2)17(15(28)9-11)19-18-20(24-23-19)22(29)25(6-7-26)21(18)13-4-5-14(27)16(10-13)30-3/h4-5,8-10,21,26-28H,6-7H2,1-3H3,(H,23,24). The zero-order valence-electron chi connectivity index (χ0n) is 16.9. The normalized spacial score (nSPS) is 15.5. The number of nitrogens with zero attached hydrogens (tertiary/aromatic N) is 2. The lowest BCUT2D eigenvalue weighted by Crippen LogP contribution is -2.32. The molecule has 8 nitrogen and oxygen atoms in total. The zero-order chi connectivity index (χ0) is 21.6. The maximum atomic E-state index is 13.1. The molecule has 8 heteroatoms. The van der Waals surface area contributed by atoms with Gasteiger partial charge in [0, 0.05) is 17.7 Å². The number of phenols is 2. The van der Waals surface area contributed by atoms with Gasteiger partial charge in [0.25, 0.3) is 5.91 Å². The fourth-order valence-electron chi connectivity index (χ4n) is 4.19. The Hall–Kier alpha value is -3.52. The summed E-state index contributed by atoms with van der Waals surface area (Å²) in [6.07, 6.45) is 0. The highest BCUT2D eigenvalue weighted by Gasteiger charge is 2.42. The van der Waals surface area contributed by atoms with Crippen LogP contribution in [0.25, 0.3) is 11.3 Å². The van der Waals surface area contributed by atoms with Gasteiger partial charge in [0.15, 0.2) is 11.5 Å². The number of aliphatic hydroxyl groups excluding tert-OH is 1. The highest BCUT2D eigenvalue weighted by Crippen LogP contribution is 2.46.